The van der Waals surface area contributed by atoms with E-state index in [0.717, 1.165) is 5.39 Å². The smallest absolute Gasteiger partial charge is 0.162 e. The molecule has 0 fully saturated rings. The second-order valence-corrected chi connectivity index (χ2v) is 3.79. The van der Waals surface area contributed by atoms with Crippen LogP contribution in [-0.4, -0.2) is 9.97 Å². The zero-order valence-electron chi connectivity index (χ0n) is 9.25. The van der Waals surface area contributed by atoms with Gasteiger partial charge in [-0.2, -0.15) is 10.5 Å². The molecule has 3 aromatic rings. The maximum atomic E-state index is 9.34. The van der Waals surface area contributed by atoms with Crippen molar-refractivity contribution in [3.05, 3.63) is 47.7 Å². The summed E-state index contributed by atoms with van der Waals surface area (Å²) >= 11 is 0. The molecular formula is C14H6N4. The molecule has 0 spiro atoms. The molecule has 0 aliphatic carbocycles. The van der Waals surface area contributed by atoms with Crippen molar-refractivity contribution in [1.29, 1.82) is 10.5 Å². The fourth-order valence-corrected chi connectivity index (χ4v) is 2.00. The minimum absolute atomic E-state index is 0.391. The quantitative estimate of drug-likeness (QED) is 0.594. The number of fused-ring (bicyclic) bond motifs is 2. The first kappa shape index (κ1) is 10.2. The fraction of sp³-hybridized carbons (Fsp3) is 0. The highest BCUT2D eigenvalue weighted by atomic mass is 14.8. The molecule has 0 unspecified atom stereocenters. The first-order valence-corrected chi connectivity index (χ1v) is 5.33. The van der Waals surface area contributed by atoms with Gasteiger partial charge in [-0.25, -0.2) is 9.97 Å². The zero-order chi connectivity index (χ0) is 12.5. The first-order chi connectivity index (χ1) is 8.85. The molecule has 18 heavy (non-hydrogen) atoms. The van der Waals surface area contributed by atoms with E-state index >= 15 is 0 Å². The van der Waals surface area contributed by atoms with Crippen LogP contribution < -0.4 is 0 Å². The van der Waals surface area contributed by atoms with E-state index in [1.165, 1.54) is 6.20 Å². The van der Waals surface area contributed by atoms with Crippen molar-refractivity contribution in [1.82, 2.24) is 9.97 Å². The number of hydrogen-bond donors (Lipinski definition) is 0. The summed E-state index contributed by atoms with van der Waals surface area (Å²) in [5, 5.41) is 19.7. The SMILES string of the molecule is N#Cc1cnc2nc3cccccc3c(C#N)c12. The summed E-state index contributed by atoms with van der Waals surface area (Å²) in [7, 11) is 0. The molecule has 1 aromatic carbocycles. The molecule has 4 nitrogen and oxygen atoms in total. The molecule has 0 atom stereocenters. The van der Waals surface area contributed by atoms with Crippen molar-refractivity contribution in [2.75, 3.05) is 0 Å². The molecule has 2 heterocycles. The summed E-state index contributed by atoms with van der Waals surface area (Å²) in [6.45, 7) is 0. The van der Waals surface area contributed by atoms with Gasteiger partial charge in [0.1, 0.15) is 12.1 Å². The van der Waals surface area contributed by atoms with Crippen molar-refractivity contribution < 1.29 is 0 Å². The molecule has 0 N–H and O–H groups in total. The van der Waals surface area contributed by atoms with Gasteiger partial charge in [0, 0.05) is 11.6 Å². The molecule has 0 aliphatic rings. The molecule has 4 heteroatoms. The molecular weight excluding hydrogens is 224 g/mol. The summed E-state index contributed by atoms with van der Waals surface area (Å²) in [5.74, 6) is 0. The molecule has 3 rings (SSSR count). The molecule has 0 amide bonds. The highest BCUT2D eigenvalue weighted by Gasteiger charge is 2.13. The normalized spacial score (nSPS) is 10.1. The van der Waals surface area contributed by atoms with Crippen molar-refractivity contribution >= 4 is 21.9 Å². The topological polar surface area (TPSA) is 73.4 Å². The van der Waals surface area contributed by atoms with Crippen molar-refractivity contribution in [2.24, 2.45) is 0 Å². The Bertz CT molecular complexity index is 853. The van der Waals surface area contributed by atoms with Crippen molar-refractivity contribution in [3.63, 3.8) is 0 Å². The average molecular weight is 230 g/mol. The van der Waals surface area contributed by atoms with E-state index in [0.29, 0.717) is 27.7 Å². The standard InChI is InChI=1S/C14H6N4/c15-6-9-8-17-14-13(9)11(7-16)10-4-2-1-3-5-12(10)18-14/h1-5,8H. The van der Waals surface area contributed by atoms with E-state index in [4.69, 9.17) is 5.26 Å². The summed E-state index contributed by atoms with van der Waals surface area (Å²) < 4.78 is 0. The van der Waals surface area contributed by atoms with E-state index in [-0.39, 0.29) is 0 Å². The summed E-state index contributed by atoms with van der Waals surface area (Å²) in [6, 6.07) is 13.4. The Hall–Kier alpha value is -2.98. The van der Waals surface area contributed by atoms with Crippen LogP contribution in [0.2, 0.25) is 0 Å². The second-order valence-electron chi connectivity index (χ2n) is 3.79. The second kappa shape index (κ2) is 3.80. The van der Waals surface area contributed by atoms with Crippen LogP contribution in [0, 0.1) is 22.7 Å². The van der Waals surface area contributed by atoms with E-state index in [1.54, 1.807) is 0 Å². The van der Waals surface area contributed by atoms with Gasteiger partial charge in [0.05, 0.1) is 22.0 Å². The number of pyridine rings is 1. The van der Waals surface area contributed by atoms with Gasteiger partial charge >= 0.3 is 0 Å². The number of rotatable bonds is 0. The van der Waals surface area contributed by atoms with Crippen LogP contribution in [0.1, 0.15) is 11.1 Å². The highest BCUT2D eigenvalue weighted by molar-refractivity contribution is 6.01. The molecule has 82 valence electrons. The molecule has 0 saturated heterocycles. The van der Waals surface area contributed by atoms with E-state index < -0.39 is 0 Å². The van der Waals surface area contributed by atoms with Crippen LogP contribution in [0.15, 0.2) is 36.5 Å². The van der Waals surface area contributed by atoms with Gasteiger partial charge in [0.15, 0.2) is 5.65 Å². The Morgan fingerprint density at radius 3 is 2.61 bits per heavy atom. The van der Waals surface area contributed by atoms with E-state index in [2.05, 4.69) is 16.0 Å². The molecule has 0 aliphatic heterocycles. The zero-order valence-corrected chi connectivity index (χ0v) is 9.25. The number of aromatic nitrogens is 2. The van der Waals surface area contributed by atoms with Crippen LogP contribution in [0.25, 0.3) is 21.9 Å². The van der Waals surface area contributed by atoms with E-state index in [9.17, 15) is 5.26 Å². The van der Waals surface area contributed by atoms with Gasteiger partial charge in [-0.15, -0.1) is 0 Å². The Balaban J connectivity index is 2.65. The van der Waals surface area contributed by atoms with Crippen LogP contribution in [-0.2, 0) is 0 Å². The summed E-state index contributed by atoms with van der Waals surface area (Å²) in [4.78, 5) is 8.47. The van der Waals surface area contributed by atoms with E-state index in [1.807, 2.05) is 36.4 Å². The van der Waals surface area contributed by atoms with Crippen molar-refractivity contribution in [2.45, 2.75) is 0 Å². The molecule has 0 bridgehead atoms. The summed E-state index contributed by atoms with van der Waals surface area (Å²) in [5.41, 5.74) is 2.00. The lowest BCUT2D eigenvalue weighted by molar-refractivity contribution is 1.37. The maximum absolute atomic E-state index is 9.34. The maximum Gasteiger partial charge on any atom is 0.162 e. The van der Waals surface area contributed by atoms with Gasteiger partial charge in [-0.1, -0.05) is 24.3 Å². The third kappa shape index (κ3) is 1.30. The molecule has 0 saturated carbocycles. The summed E-state index contributed by atoms with van der Waals surface area (Å²) in [6.07, 6.45) is 1.46. The fourth-order valence-electron chi connectivity index (χ4n) is 2.00. The van der Waals surface area contributed by atoms with Crippen LogP contribution in [0.5, 0.6) is 0 Å². The number of hydrogen-bond acceptors (Lipinski definition) is 4. The van der Waals surface area contributed by atoms with Gasteiger partial charge in [-0.05, 0) is 6.07 Å². The minimum Gasteiger partial charge on any atom is -0.235 e. The third-order valence-electron chi connectivity index (χ3n) is 2.80. The number of nitrogens with zero attached hydrogens (tertiary/aromatic N) is 4. The molecule has 0 radical (unpaired) electrons. The van der Waals surface area contributed by atoms with Crippen LogP contribution >= 0.6 is 0 Å². The van der Waals surface area contributed by atoms with Gasteiger partial charge in [0.25, 0.3) is 0 Å². The third-order valence-corrected chi connectivity index (χ3v) is 2.80. The lowest BCUT2D eigenvalue weighted by atomic mass is 10.1. The first-order valence-electron chi connectivity index (χ1n) is 5.33. The predicted molar refractivity (Wildman–Crippen MR) is 66.5 cm³/mol. The Morgan fingerprint density at radius 1 is 1.00 bits per heavy atom. The Kier molecular flexibility index (Phi) is 2.15. The van der Waals surface area contributed by atoms with Crippen LogP contribution in [0.4, 0.5) is 0 Å². The molecule has 2 aromatic heterocycles. The Morgan fingerprint density at radius 2 is 1.83 bits per heavy atom. The average Bonchev–Trinajstić information content (AvgIpc) is 2.65. The minimum atomic E-state index is 0.391. The predicted octanol–water partition coefficient (Wildman–Crippen LogP) is 2.53. The lowest BCUT2D eigenvalue weighted by Gasteiger charge is -1.98. The largest absolute Gasteiger partial charge is 0.235 e. The van der Waals surface area contributed by atoms with Gasteiger partial charge in [-0.3, -0.25) is 0 Å². The Labute approximate surface area is 103 Å². The monoisotopic (exact) mass is 230 g/mol. The van der Waals surface area contributed by atoms with Gasteiger partial charge < -0.3 is 0 Å². The number of nitriles is 2. The highest BCUT2D eigenvalue weighted by Crippen LogP contribution is 2.26. The van der Waals surface area contributed by atoms with Gasteiger partial charge in [0.2, 0.25) is 0 Å². The lowest BCUT2D eigenvalue weighted by Crippen LogP contribution is -1.86. The van der Waals surface area contributed by atoms with Crippen LogP contribution in [0.3, 0.4) is 0 Å². The van der Waals surface area contributed by atoms with Crippen molar-refractivity contribution in [3.8, 4) is 12.1 Å².